The summed E-state index contributed by atoms with van der Waals surface area (Å²) in [4.78, 5) is 0. The highest BCUT2D eigenvalue weighted by Crippen LogP contribution is 2.32. The molecule has 0 atom stereocenters. The second kappa shape index (κ2) is 4.07. The van der Waals surface area contributed by atoms with Gasteiger partial charge in [-0.3, -0.25) is 0 Å². The molecule has 0 unspecified atom stereocenters. The number of rotatable bonds is 1. The van der Waals surface area contributed by atoms with Crippen molar-refractivity contribution >= 4 is 5.69 Å². The van der Waals surface area contributed by atoms with Gasteiger partial charge in [0.25, 0.3) is 0 Å². The predicted octanol–water partition coefficient (Wildman–Crippen LogP) is 2.34. The highest BCUT2D eigenvalue weighted by atomic mass is 19.4. The molecule has 1 aromatic carbocycles. The maximum Gasteiger partial charge on any atom is 0.417 e. The molecule has 0 aliphatic rings. The normalized spacial score (nSPS) is 11.2. The second-order valence-electron chi connectivity index (χ2n) is 3.56. The maximum atomic E-state index is 12.6. The van der Waals surface area contributed by atoms with Crippen molar-refractivity contribution in [3.05, 3.63) is 41.7 Å². The predicted molar refractivity (Wildman–Crippen MR) is 57.7 cm³/mol. The number of anilines is 1. The zero-order chi connectivity index (χ0) is 13.3. The summed E-state index contributed by atoms with van der Waals surface area (Å²) >= 11 is 0. The molecule has 2 aromatic rings. The number of nitriles is 1. The van der Waals surface area contributed by atoms with Crippen molar-refractivity contribution in [1.82, 2.24) is 9.78 Å². The monoisotopic (exact) mass is 252 g/mol. The molecule has 0 bridgehead atoms. The first-order valence-corrected chi connectivity index (χ1v) is 4.83. The number of hydrogen-bond acceptors (Lipinski definition) is 3. The molecule has 0 aliphatic heterocycles. The first-order valence-electron chi connectivity index (χ1n) is 4.83. The lowest BCUT2D eigenvalue weighted by atomic mass is 10.1. The van der Waals surface area contributed by atoms with E-state index in [1.54, 1.807) is 0 Å². The molecule has 2 N–H and O–H groups in total. The second-order valence-corrected chi connectivity index (χ2v) is 3.56. The van der Waals surface area contributed by atoms with Crippen LogP contribution in [0.4, 0.5) is 18.9 Å². The van der Waals surface area contributed by atoms with Crippen LogP contribution in [0.3, 0.4) is 0 Å². The molecule has 0 saturated heterocycles. The fraction of sp³-hybridized carbons (Fsp3) is 0.0909. The Hall–Kier alpha value is -2.49. The van der Waals surface area contributed by atoms with E-state index in [9.17, 15) is 13.2 Å². The minimum atomic E-state index is -4.55. The Morgan fingerprint density at radius 3 is 2.56 bits per heavy atom. The van der Waals surface area contributed by atoms with Gasteiger partial charge in [-0.2, -0.15) is 23.5 Å². The van der Waals surface area contributed by atoms with Crippen molar-refractivity contribution in [3.63, 3.8) is 0 Å². The summed E-state index contributed by atoms with van der Waals surface area (Å²) in [6.07, 6.45) is -1.74. The van der Waals surface area contributed by atoms with Gasteiger partial charge in [-0.1, -0.05) is 0 Å². The average Bonchev–Trinajstić information content (AvgIpc) is 2.74. The average molecular weight is 252 g/mol. The molecule has 1 heterocycles. The molecule has 0 spiro atoms. The van der Waals surface area contributed by atoms with E-state index in [0.29, 0.717) is 11.4 Å². The lowest BCUT2D eigenvalue weighted by Gasteiger charge is -2.10. The third kappa shape index (κ3) is 2.13. The van der Waals surface area contributed by atoms with Crippen molar-refractivity contribution in [3.8, 4) is 11.8 Å². The Labute approximate surface area is 100 Å². The van der Waals surface area contributed by atoms with Gasteiger partial charge >= 0.3 is 6.18 Å². The highest BCUT2D eigenvalue weighted by Gasteiger charge is 2.33. The Morgan fingerprint density at radius 2 is 2.06 bits per heavy atom. The van der Waals surface area contributed by atoms with Gasteiger partial charge in [0, 0.05) is 0 Å². The third-order valence-electron chi connectivity index (χ3n) is 2.30. The first kappa shape index (κ1) is 12.0. The summed E-state index contributed by atoms with van der Waals surface area (Å²) in [6.45, 7) is 0. The molecule has 4 nitrogen and oxygen atoms in total. The summed E-state index contributed by atoms with van der Waals surface area (Å²) in [6, 6.07) is 4.73. The van der Waals surface area contributed by atoms with E-state index >= 15 is 0 Å². The third-order valence-corrected chi connectivity index (χ3v) is 2.30. The molecule has 0 fully saturated rings. The Balaban J connectivity index is 2.53. The van der Waals surface area contributed by atoms with Crippen LogP contribution in [-0.2, 0) is 6.18 Å². The van der Waals surface area contributed by atoms with Crippen LogP contribution in [-0.4, -0.2) is 9.78 Å². The van der Waals surface area contributed by atoms with Crippen LogP contribution in [0, 0.1) is 11.3 Å². The fourth-order valence-corrected chi connectivity index (χ4v) is 1.49. The number of halogens is 3. The molecule has 7 heteroatoms. The summed E-state index contributed by atoms with van der Waals surface area (Å²) in [5.41, 5.74) is 4.77. The van der Waals surface area contributed by atoms with Crippen LogP contribution in [0.25, 0.3) is 5.69 Å². The van der Waals surface area contributed by atoms with E-state index in [2.05, 4.69) is 5.10 Å². The lowest BCUT2D eigenvalue weighted by molar-refractivity contribution is -0.137. The van der Waals surface area contributed by atoms with Crippen LogP contribution in [0.15, 0.2) is 30.6 Å². The summed E-state index contributed by atoms with van der Waals surface area (Å²) in [5.74, 6) is 0. The van der Waals surface area contributed by atoms with Gasteiger partial charge in [-0.15, -0.1) is 0 Å². The van der Waals surface area contributed by atoms with Gasteiger partial charge in [0.05, 0.1) is 41.0 Å². The quantitative estimate of drug-likeness (QED) is 0.847. The van der Waals surface area contributed by atoms with Crippen LogP contribution < -0.4 is 5.73 Å². The molecular weight excluding hydrogens is 245 g/mol. The van der Waals surface area contributed by atoms with Gasteiger partial charge in [0.2, 0.25) is 0 Å². The zero-order valence-electron chi connectivity index (χ0n) is 8.94. The van der Waals surface area contributed by atoms with Crippen molar-refractivity contribution in [2.45, 2.75) is 6.18 Å². The number of nitrogens with zero attached hydrogens (tertiary/aromatic N) is 3. The molecule has 0 saturated carbocycles. The topological polar surface area (TPSA) is 67.6 Å². The number of nitrogen functional groups attached to an aromatic ring is 1. The van der Waals surface area contributed by atoms with Crippen LogP contribution in [0.1, 0.15) is 11.1 Å². The first-order chi connectivity index (χ1) is 8.41. The molecule has 1 aromatic heterocycles. The number of aromatic nitrogens is 2. The fourth-order valence-electron chi connectivity index (χ4n) is 1.49. The zero-order valence-corrected chi connectivity index (χ0v) is 8.94. The minimum absolute atomic E-state index is 0.344. The number of hydrogen-bond donors (Lipinski definition) is 1. The molecule has 2 rings (SSSR count). The Bertz CT molecular complexity index is 622. The summed E-state index contributed by atoms with van der Waals surface area (Å²) in [5, 5.41) is 12.6. The molecule has 18 heavy (non-hydrogen) atoms. The van der Waals surface area contributed by atoms with E-state index < -0.39 is 17.3 Å². The van der Waals surface area contributed by atoms with Crippen LogP contribution in [0.2, 0.25) is 0 Å². The van der Waals surface area contributed by atoms with Gasteiger partial charge in [-0.25, -0.2) is 4.68 Å². The number of nitrogens with two attached hydrogens (primary N) is 1. The molecular formula is C11H7F3N4. The summed E-state index contributed by atoms with van der Waals surface area (Å²) < 4.78 is 39.0. The Morgan fingerprint density at radius 1 is 1.33 bits per heavy atom. The van der Waals surface area contributed by atoms with E-state index in [0.717, 1.165) is 12.1 Å². The van der Waals surface area contributed by atoms with E-state index in [-0.39, 0.29) is 0 Å². The van der Waals surface area contributed by atoms with Gasteiger partial charge in [0.1, 0.15) is 0 Å². The lowest BCUT2D eigenvalue weighted by Crippen LogP contribution is -2.08. The number of alkyl halides is 3. The van der Waals surface area contributed by atoms with E-state index in [1.165, 1.54) is 29.2 Å². The van der Waals surface area contributed by atoms with Crippen molar-refractivity contribution in [1.29, 1.82) is 5.26 Å². The van der Waals surface area contributed by atoms with Crippen molar-refractivity contribution in [2.75, 3.05) is 5.73 Å². The Kier molecular flexibility index (Phi) is 2.71. The van der Waals surface area contributed by atoms with Gasteiger partial charge in [-0.05, 0) is 18.2 Å². The van der Waals surface area contributed by atoms with Crippen molar-refractivity contribution < 1.29 is 13.2 Å². The maximum absolute atomic E-state index is 12.6. The molecule has 0 radical (unpaired) electrons. The summed E-state index contributed by atoms with van der Waals surface area (Å²) in [7, 11) is 0. The molecule has 0 aliphatic carbocycles. The van der Waals surface area contributed by atoms with Crippen molar-refractivity contribution in [2.24, 2.45) is 0 Å². The smallest absolute Gasteiger partial charge is 0.396 e. The van der Waals surface area contributed by atoms with Crippen LogP contribution in [0.5, 0.6) is 0 Å². The standard InChI is InChI=1S/C11H7F3N4/c12-11(13,14)10-2-1-9(3-7(10)4-15)18-6-8(16)5-17-18/h1-3,5-6H,16H2. The molecule has 0 amide bonds. The van der Waals surface area contributed by atoms with Gasteiger partial charge < -0.3 is 5.73 Å². The van der Waals surface area contributed by atoms with Gasteiger partial charge in [0.15, 0.2) is 0 Å². The molecule has 92 valence electrons. The largest absolute Gasteiger partial charge is 0.417 e. The highest BCUT2D eigenvalue weighted by molar-refractivity contribution is 5.48. The van der Waals surface area contributed by atoms with Crippen LogP contribution >= 0.6 is 0 Å². The SMILES string of the molecule is N#Cc1cc(-n2cc(N)cn2)ccc1C(F)(F)F. The van der Waals surface area contributed by atoms with E-state index in [1.807, 2.05) is 0 Å². The number of benzene rings is 1. The minimum Gasteiger partial charge on any atom is -0.396 e. The van der Waals surface area contributed by atoms with E-state index in [4.69, 9.17) is 11.0 Å².